The lowest BCUT2D eigenvalue weighted by Gasteiger charge is -2.22. The summed E-state index contributed by atoms with van der Waals surface area (Å²) in [6.45, 7) is 5.01. The van der Waals surface area contributed by atoms with Crippen molar-refractivity contribution in [2.75, 3.05) is 13.2 Å². The normalized spacial score (nSPS) is 12.5. The van der Waals surface area contributed by atoms with Crippen molar-refractivity contribution in [3.05, 3.63) is 12.2 Å². The standard InChI is InChI=1S/C80H157NO5/c1-3-5-7-9-11-13-15-17-19-21-23-37-40-44-48-52-56-60-64-68-72-78(83)77(76-82)81-79(84)73-69-65-61-57-53-49-45-41-38-34-32-30-28-26-24-25-27-29-31-33-35-39-43-47-51-55-59-63-67-71-75-86-80(85)74-70-66-62-58-54-50-46-42-36-22-20-18-16-14-12-10-8-6-4-2/h18,20,77-78,82-83H,3-17,19,21-76H2,1-2H3,(H,81,84)/b20-18-. The molecular weight excluding hydrogens is 1050 g/mol. The first kappa shape index (κ1) is 84.6. The third-order valence-electron chi connectivity index (χ3n) is 19.1. The highest BCUT2D eigenvalue weighted by Gasteiger charge is 2.20. The van der Waals surface area contributed by atoms with Crippen molar-refractivity contribution < 1.29 is 24.5 Å². The van der Waals surface area contributed by atoms with Crippen LogP contribution in [0.25, 0.3) is 0 Å². The number of carbonyl (C=O) groups is 2. The van der Waals surface area contributed by atoms with Crippen LogP contribution in [0, 0.1) is 0 Å². The second kappa shape index (κ2) is 76.1. The van der Waals surface area contributed by atoms with Gasteiger partial charge in [-0.25, -0.2) is 0 Å². The predicted octanol–water partition coefficient (Wildman–Crippen LogP) is 26.3. The molecule has 3 N–H and O–H groups in total. The average molecular weight is 1210 g/mol. The zero-order valence-electron chi connectivity index (χ0n) is 58.8. The van der Waals surface area contributed by atoms with Crippen molar-refractivity contribution in [2.45, 2.75) is 475 Å². The lowest BCUT2D eigenvalue weighted by atomic mass is 10.0. The van der Waals surface area contributed by atoms with E-state index in [1.54, 1.807) is 0 Å². The number of aliphatic hydroxyl groups excluding tert-OH is 2. The lowest BCUT2D eigenvalue weighted by molar-refractivity contribution is -0.143. The summed E-state index contributed by atoms with van der Waals surface area (Å²) < 4.78 is 5.52. The molecule has 2 unspecified atom stereocenters. The van der Waals surface area contributed by atoms with Crippen molar-refractivity contribution in [3.8, 4) is 0 Å². The summed E-state index contributed by atoms with van der Waals surface area (Å²) in [5, 5.41) is 23.4. The number of nitrogens with one attached hydrogen (secondary N) is 1. The number of ether oxygens (including phenoxy) is 1. The molecule has 6 heteroatoms. The molecule has 0 heterocycles. The van der Waals surface area contributed by atoms with Crippen LogP contribution >= 0.6 is 0 Å². The Morgan fingerprint density at radius 3 is 0.826 bits per heavy atom. The smallest absolute Gasteiger partial charge is 0.305 e. The van der Waals surface area contributed by atoms with Gasteiger partial charge in [0.15, 0.2) is 0 Å². The summed E-state index contributed by atoms with van der Waals surface area (Å²) in [4.78, 5) is 24.7. The Balaban J connectivity index is 3.32. The zero-order valence-corrected chi connectivity index (χ0v) is 58.8. The molecule has 6 nitrogen and oxygen atoms in total. The van der Waals surface area contributed by atoms with Crippen LogP contribution in [0.3, 0.4) is 0 Å². The summed E-state index contributed by atoms with van der Waals surface area (Å²) in [6, 6.07) is -0.539. The number of hydrogen-bond donors (Lipinski definition) is 3. The van der Waals surface area contributed by atoms with Gasteiger partial charge in [-0.05, 0) is 51.4 Å². The molecule has 0 bridgehead atoms. The topological polar surface area (TPSA) is 95.9 Å². The fourth-order valence-corrected chi connectivity index (χ4v) is 13.0. The quantitative estimate of drug-likeness (QED) is 0.0320. The van der Waals surface area contributed by atoms with Crippen LogP contribution in [0.1, 0.15) is 463 Å². The Hall–Kier alpha value is -1.40. The Kier molecular flexibility index (Phi) is 74.8. The molecule has 0 saturated carbocycles. The molecule has 0 fully saturated rings. The molecule has 1 amide bonds. The molecule has 0 saturated heterocycles. The monoisotopic (exact) mass is 1210 g/mol. The zero-order chi connectivity index (χ0) is 62.0. The van der Waals surface area contributed by atoms with Gasteiger partial charge in [0.1, 0.15) is 0 Å². The molecule has 0 rings (SSSR count). The Morgan fingerprint density at radius 2 is 0.547 bits per heavy atom. The summed E-state index contributed by atoms with van der Waals surface area (Å²) in [5.74, 6) is -0.00447. The minimum Gasteiger partial charge on any atom is -0.466 e. The van der Waals surface area contributed by atoms with E-state index >= 15 is 0 Å². The van der Waals surface area contributed by atoms with Gasteiger partial charge in [0.25, 0.3) is 0 Å². The SMILES string of the molecule is CCCCCCCC/C=C\CCCCCCCCCCCC(=O)OCCCCCCCCCCCCCCCCCCCCCCCCCCCCCCCCC(=O)NC(CO)C(O)CCCCCCCCCCCCCCCCCCCCCC. The van der Waals surface area contributed by atoms with Gasteiger partial charge < -0.3 is 20.3 Å². The molecule has 512 valence electrons. The van der Waals surface area contributed by atoms with E-state index in [0.717, 1.165) is 38.5 Å². The van der Waals surface area contributed by atoms with Gasteiger partial charge in [0.05, 0.1) is 25.4 Å². The number of hydrogen-bond acceptors (Lipinski definition) is 5. The van der Waals surface area contributed by atoms with Gasteiger partial charge in [-0.1, -0.05) is 411 Å². The van der Waals surface area contributed by atoms with E-state index in [4.69, 9.17) is 4.74 Å². The average Bonchev–Trinajstić information content (AvgIpc) is 3.54. The van der Waals surface area contributed by atoms with E-state index in [1.807, 2.05) is 0 Å². The molecule has 0 aliphatic rings. The number of carbonyl (C=O) groups excluding carboxylic acids is 2. The second-order valence-corrected chi connectivity index (χ2v) is 27.8. The molecule has 0 aromatic rings. The van der Waals surface area contributed by atoms with Crippen LogP contribution < -0.4 is 5.32 Å². The maximum absolute atomic E-state index is 12.6. The maximum Gasteiger partial charge on any atom is 0.305 e. The van der Waals surface area contributed by atoms with Gasteiger partial charge in [-0.15, -0.1) is 0 Å². The molecule has 0 aliphatic carbocycles. The number of rotatable bonds is 76. The molecule has 2 atom stereocenters. The molecule has 86 heavy (non-hydrogen) atoms. The number of allylic oxidation sites excluding steroid dienone is 2. The predicted molar refractivity (Wildman–Crippen MR) is 380 cm³/mol. The van der Waals surface area contributed by atoms with Gasteiger partial charge in [0, 0.05) is 12.8 Å². The first-order valence-electron chi connectivity index (χ1n) is 39.9. The van der Waals surface area contributed by atoms with Crippen molar-refractivity contribution in [2.24, 2.45) is 0 Å². The third-order valence-corrected chi connectivity index (χ3v) is 19.1. The maximum atomic E-state index is 12.6. The number of esters is 1. The Labute approximate surface area is 539 Å². The van der Waals surface area contributed by atoms with Crippen LogP contribution in [0.15, 0.2) is 12.2 Å². The van der Waals surface area contributed by atoms with Crippen molar-refractivity contribution in [3.63, 3.8) is 0 Å². The molecule has 0 aromatic carbocycles. The van der Waals surface area contributed by atoms with Gasteiger partial charge in [0.2, 0.25) is 5.91 Å². The first-order chi connectivity index (χ1) is 42.5. The van der Waals surface area contributed by atoms with E-state index in [0.29, 0.717) is 25.9 Å². The molecule has 0 aliphatic heterocycles. The van der Waals surface area contributed by atoms with Crippen LogP contribution in [0.5, 0.6) is 0 Å². The fourth-order valence-electron chi connectivity index (χ4n) is 13.0. The van der Waals surface area contributed by atoms with Crippen molar-refractivity contribution in [1.29, 1.82) is 0 Å². The largest absolute Gasteiger partial charge is 0.466 e. The van der Waals surface area contributed by atoms with E-state index in [9.17, 15) is 19.8 Å². The van der Waals surface area contributed by atoms with Gasteiger partial charge in [-0.3, -0.25) is 9.59 Å². The number of amides is 1. The number of aliphatic hydroxyl groups is 2. The van der Waals surface area contributed by atoms with E-state index in [2.05, 4.69) is 31.3 Å². The molecule has 0 aromatic heterocycles. The molecule has 0 spiro atoms. The molecule has 0 radical (unpaired) electrons. The molecular formula is C80H157NO5. The third kappa shape index (κ3) is 71.7. The highest BCUT2D eigenvalue weighted by Crippen LogP contribution is 2.20. The Morgan fingerprint density at radius 1 is 0.314 bits per heavy atom. The summed E-state index contributed by atoms with van der Waals surface area (Å²) in [5.41, 5.74) is 0. The van der Waals surface area contributed by atoms with Crippen LogP contribution in [0.2, 0.25) is 0 Å². The van der Waals surface area contributed by atoms with E-state index < -0.39 is 12.1 Å². The minimum atomic E-state index is -0.662. The van der Waals surface area contributed by atoms with E-state index in [1.165, 1.54) is 392 Å². The summed E-state index contributed by atoms with van der Waals surface area (Å²) in [6.07, 6.45) is 95.9. The van der Waals surface area contributed by atoms with Gasteiger partial charge in [-0.2, -0.15) is 0 Å². The van der Waals surface area contributed by atoms with E-state index in [-0.39, 0.29) is 18.5 Å². The van der Waals surface area contributed by atoms with Gasteiger partial charge >= 0.3 is 5.97 Å². The van der Waals surface area contributed by atoms with Crippen molar-refractivity contribution >= 4 is 11.9 Å². The summed E-state index contributed by atoms with van der Waals surface area (Å²) >= 11 is 0. The highest BCUT2D eigenvalue weighted by atomic mass is 16.5. The highest BCUT2D eigenvalue weighted by molar-refractivity contribution is 5.76. The Bertz CT molecular complexity index is 1300. The van der Waals surface area contributed by atoms with Crippen LogP contribution in [0.4, 0.5) is 0 Å². The lowest BCUT2D eigenvalue weighted by Crippen LogP contribution is -2.45. The summed E-state index contributed by atoms with van der Waals surface area (Å²) in [7, 11) is 0. The first-order valence-corrected chi connectivity index (χ1v) is 39.9. The van der Waals surface area contributed by atoms with Crippen LogP contribution in [-0.2, 0) is 14.3 Å². The van der Waals surface area contributed by atoms with Crippen LogP contribution in [-0.4, -0.2) is 47.4 Å². The fraction of sp³-hybridized carbons (Fsp3) is 0.950. The minimum absolute atomic E-state index is 0.0211. The van der Waals surface area contributed by atoms with Crippen molar-refractivity contribution in [1.82, 2.24) is 5.32 Å². The second-order valence-electron chi connectivity index (χ2n) is 27.8. The number of unbranched alkanes of at least 4 members (excludes halogenated alkanes) is 63.